The Labute approximate surface area is 103 Å². The predicted octanol–water partition coefficient (Wildman–Crippen LogP) is 1.13. The Balaban J connectivity index is 5.30. The Hall–Kier alpha value is -2.33. The first-order valence-electron chi connectivity index (χ1n) is 4.47. The van der Waals surface area contributed by atoms with Crippen molar-refractivity contribution < 1.29 is 8.42 Å². The Morgan fingerprint density at radius 3 is 2.29 bits per heavy atom. The van der Waals surface area contributed by atoms with Crippen LogP contribution in [0.2, 0.25) is 0 Å². The summed E-state index contributed by atoms with van der Waals surface area (Å²) in [6.07, 6.45) is 3.64. The van der Waals surface area contributed by atoms with Crippen molar-refractivity contribution in [1.29, 1.82) is 0 Å². The largest absolute Gasteiger partial charge is 0.223 e. The topological polar surface area (TPSA) is 34.1 Å². The molecule has 0 aliphatic rings. The summed E-state index contributed by atoms with van der Waals surface area (Å²) in [6, 6.07) is 0. The third-order valence-electron chi connectivity index (χ3n) is 1.28. The summed E-state index contributed by atoms with van der Waals surface area (Å²) in [6.45, 7) is 5.02. The standard InChI is InChI=1S/C14H10O2S/c1-4-6-8-10-12-14(17(3,15)16)13-11-9-7-5-2/h4,13H,1H2,2-3H3/b14-13-. The van der Waals surface area contributed by atoms with Crippen LogP contribution in [-0.2, 0) is 9.84 Å². The molecule has 0 saturated heterocycles. The first kappa shape index (κ1) is 14.7. The quantitative estimate of drug-likeness (QED) is 0.646. The summed E-state index contributed by atoms with van der Waals surface area (Å²) in [5, 5.41) is 0. The van der Waals surface area contributed by atoms with Gasteiger partial charge in [-0.05, 0) is 42.6 Å². The van der Waals surface area contributed by atoms with E-state index < -0.39 is 9.84 Å². The molecule has 0 rings (SSSR count). The molecule has 0 aromatic rings. The second kappa shape index (κ2) is 7.90. The van der Waals surface area contributed by atoms with Gasteiger partial charge < -0.3 is 0 Å². The Morgan fingerprint density at radius 2 is 1.76 bits per heavy atom. The zero-order chi connectivity index (χ0) is 13.1. The van der Waals surface area contributed by atoms with Gasteiger partial charge in [-0.15, -0.1) is 0 Å². The SMILES string of the molecule is C=CC#CC#C/C(=C/C#CC#CC)S(C)(=O)=O. The summed E-state index contributed by atoms with van der Waals surface area (Å²) < 4.78 is 22.6. The van der Waals surface area contributed by atoms with Crippen LogP contribution in [0.1, 0.15) is 6.92 Å². The smallest absolute Gasteiger partial charge is 0.184 e. The molecule has 3 heteroatoms. The molecule has 0 heterocycles. The highest BCUT2D eigenvalue weighted by Crippen LogP contribution is 2.01. The number of hydrogen-bond donors (Lipinski definition) is 0. The fraction of sp³-hybridized carbons (Fsp3) is 0.143. The summed E-state index contributed by atoms with van der Waals surface area (Å²) in [4.78, 5) is -0.0822. The Bertz CT molecular complexity index is 661. The van der Waals surface area contributed by atoms with Crippen molar-refractivity contribution in [2.75, 3.05) is 6.26 Å². The third-order valence-corrected chi connectivity index (χ3v) is 2.30. The van der Waals surface area contributed by atoms with E-state index in [2.05, 4.69) is 53.9 Å². The summed E-state index contributed by atoms with van der Waals surface area (Å²) in [5.41, 5.74) is 0. The van der Waals surface area contributed by atoms with Gasteiger partial charge in [0, 0.05) is 12.3 Å². The molecule has 2 nitrogen and oxygen atoms in total. The van der Waals surface area contributed by atoms with Crippen LogP contribution in [0.5, 0.6) is 0 Å². The minimum atomic E-state index is -3.40. The zero-order valence-corrected chi connectivity index (χ0v) is 10.4. The molecule has 0 fully saturated rings. The van der Waals surface area contributed by atoms with Gasteiger partial charge in [0.15, 0.2) is 9.84 Å². The van der Waals surface area contributed by atoms with Crippen LogP contribution in [0, 0.1) is 47.4 Å². The first-order valence-corrected chi connectivity index (χ1v) is 6.36. The van der Waals surface area contributed by atoms with Crippen molar-refractivity contribution in [1.82, 2.24) is 0 Å². The summed E-state index contributed by atoms with van der Waals surface area (Å²) in [5.74, 6) is 19.8. The van der Waals surface area contributed by atoms with Crippen LogP contribution in [-0.4, -0.2) is 14.7 Å². The molecule has 0 aromatic carbocycles. The van der Waals surface area contributed by atoms with Crippen LogP contribution < -0.4 is 0 Å². The van der Waals surface area contributed by atoms with Crippen molar-refractivity contribution in [2.24, 2.45) is 0 Å². The molecule has 0 aliphatic heterocycles. The Morgan fingerprint density at radius 1 is 1.12 bits per heavy atom. The van der Waals surface area contributed by atoms with E-state index in [-0.39, 0.29) is 4.91 Å². The van der Waals surface area contributed by atoms with Crippen LogP contribution in [0.4, 0.5) is 0 Å². The van der Waals surface area contributed by atoms with E-state index in [1.807, 2.05) is 0 Å². The zero-order valence-electron chi connectivity index (χ0n) is 9.59. The highest BCUT2D eigenvalue weighted by molar-refractivity contribution is 7.94. The van der Waals surface area contributed by atoms with Gasteiger partial charge in [-0.1, -0.05) is 24.3 Å². The van der Waals surface area contributed by atoms with E-state index in [9.17, 15) is 8.42 Å². The number of allylic oxidation sites excluding steroid dienone is 3. The van der Waals surface area contributed by atoms with Crippen LogP contribution >= 0.6 is 0 Å². The predicted molar refractivity (Wildman–Crippen MR) is 69.9 cm³/mol. The molecule has 0 bridgehead atoms. The minimum Gasteiger partial charge on any atom is -0.223 e. The maximum Gasteiger partial charge on any atom is 0.184 e. The molecule has 84 valence electrons. The lowest BCUT2D eigenvalue weighted by atomic mass is 10.4. The van der Waals surface area contributed by atoms with E-state index in [1.54, 1.807) is 6.92 Å². The van der Waals surface area contributed by atoms with Crippen molar-refractivity contribution >= 4 is 9.84 Å². The van der Waals surface area contributed by atoms with Crippen LogP contribution in [0.15, 0.2) is 23.6 Å². The first-order chi connectivity index (χ1) is 8.02. The highest BCUT2D eigenvalue weighted by atomic mass is 32.2. The van der Waals surface area contributed by atoms with Gasteiger partial charge in [-0.2, -0.15) is 0 Å². The Kier molecular flexibility index (Phi) is 6.81. The lowest BCUT2D eigenvalue weighted by Crippen LogP contribution is -1.98. The molecule has 0 saturated carbocycles. The molecule has 0 atom stereocenters. The van der Waals surface area contributed by atoms with Gasteiger partial charge in [-0.25, -0.2) is 8.42 Å². The van der Waals surface area contributed by atoms with Gasteiger partial charge in [0.1, 0.15) is 4.91 Å². The monoisotopic (exact) mass is 242 g/mol. The van der Waals surface area contributed by atoms with Gasteiger partial charge in [0.05, 0.1) is 0 Å². The van der Waals surface area contributed by atoms with Crippen molar-refractivity contribution in [3.05, 3.63) is 23.6 Å². The van der Waals surface area contributed by atoms with E-state index in [0.717, 1.165) is 6.26 Å². The lowest BCUT2D eigenvalue weighted by Gasteiger charge is -1.90. The second-order valence-corrected chi connectivity index (χ2v) is 4.63. The van der Waals surface area contributed by atoms with Crippen molar-refractivity contribution in [3.63, 3.8) is 0 Å². The highest BCUT2D eigenvalue weighted by Gasteiger charge is 2.06. The molecule has 0 radical (unpaired) electrons. The summed E-state index contributed by atoms with van der Waals surface area (Å²) in [7, 11) is -3.40. The van der Waals surface area contributed by atoms with Crippen molar-refractivity contribution in [3.8, 4) is 47.4 Å². The van der Waals surface area contributed by atoms with Gasteiger partial charge in [-0.3, -0.25) is 0 Å². The van der Waals surface area contributed by atoms with E-state index in [0.29, 0.717) is 0 Å². The fourth-order valence-corrected chi connectivity index (χ4v) is 1.13. The minimum absolute atomic E-state index is 0.0822. The van der Waals surface area contributed by atoms with Gasteiger partial charge >= 0.3 is 0 Å². The van der Waals surface area contributed by atoms with Gasteiger partial charge in [0.25, 0.3) is 0 Å². The number of sulfone groups is 1. The molecular weight excluding hydrogens is 232 g/mol. The van der Waals surface area contributed by atoms with Crippen molar-refractivity contribution in [2.45, 2.75) is 6.92 Å². The molecule has 0 amide bonds. The average molecular weight is 242 g/mol. The maximum absolute atomic E-state index is 11.3. The number of hydrogen-bond acceptors (Lipinski definition) is 2. The van der Waals surface area contributed by atoms with Gasteiger partial charge in [0.2, 0.25) is 0 Å². The molecule has 17 heavy (non-hydrogen) atoms. The molecular formula is C14H10O2S. The van der Waals surface area contributed by atoms with E-state index >= 15 is 0 Å². The molecule has 0 spiro atoms. The molecule has 0 aromatic heterocycles. The van der Waals surface area contributed by atoms with E-state index in [1.165, 1.54) is 12.2 Å². The van der Waals surface area contributed by atoms with Crippen LogP contribution in [0.3, 0.4) is 0 Å². The average Bonchev–Trinajstić information content (AvgIpc) is 2.25. The fourth-order valence-electron chi connectivity index (χ4n) is 0.616. The van der Waals surface area contributed by atoms with Crippen LogP contribution in [0.25, 0.3) is 0 Å². The molecule has 0 unspecified atom stereocenters. The summed E-state index contributed by atoms with van der Waals surface area (Å²) >= 11 is 0. The van der Waals surface area contributed by atoms with E-state index in [4.69, 9.17) is 0 Å². The third kappa shape index (κ3) is 7.58. The normalized spacial score (nSPS) is 8.94. The second-order valence-electron chi connectivity index (χ2n) is 2.65. The maximum atomic E-state index is 11.3. The molecule has 0 N–H and O–H groups in total. The number of rotatable bonds is 1. The lowest BCUT2D eigenvalue weighted by molar-refractivity contribution is 0.608. The molecule has 0 aliphatic carbocycles.